The molecule has 24 heavy (non-hydrogen) atoms. The Bertz CT molecular complexity index is 703. The van der Waals surface area contributed by atoms with Crippen LogP contribution in [0.15, 0.2) is 65.6 Å². The van der Waals surface area contributed by atoms with E-state index in [1.54, 1.807) is 42.5 Å². The number of rotatable bonds is 7. The molecule has 6 heteroatoms. The summed E-state index contributed by atoms with van der Waals surface area (Å²) in [5.41, 5.74) is 0.454. The summed E-state index contributed by atoms with van der Waals surface area (Å²) in [7, 11) is 0.0212. The number of methoxy groups -OCH3 is 1. The van der Waals surface area contributed by atoms with E-state index in [1.165, 1.54) is 7.11 Å². The summed E-state index contributed by atoms with van der Waals surface area (Å²) in [6.07, 6.45) is 0.229. The predicted molar refractivity (Wildman–Crippen MR) is 92.0 cm³/mol. The van der Waals surface area contributed by atoms with E-state index in [1.807, 2.05) is 18.2 Å². The van der Waals surface area contributed by atoms with Crippen molar-refractivity contribution in [2.24, 2.45) is 0 Å². The van der Waals surface area contributed by atoms with E-state index in [0.29, 0.717) is 10.5 Å². The van der Waals surface area contributed by atoms with E-state index in [4.69, 9.17) is 4.74 Å². The third kappa shape index (κ3) is 5.03. The first-order valence-electron chi connectivity index (χ1n) is 7.49. The number of nitrogens with one attached hydrogen (secondary N) is 1. The predicted octanol–water partition coefficient (Wildman–Crippen LogP) is 2.16. The van der Waals surface area contributed by atoms with Crippen LogP contribution < -0.4 is 5.32 Å². The van der Waals surface area contributed by atoms with Crippen molar-refractivity contribution in [1.82, 2.24) is 5.32 Å². The smallest absolute Gasteiger partial charge is 0.328 e. The Balaban J connectivity index is 2.00. The van der Waals surface area contributed by atoms with Crippen LogP contribution in [0.25, 0.3) is 0 Å². The van der Waals surface area contributed by atoms with Crippen molar-refractivity contribution in [2.75, 3.05) is 12.9 Å². The van der Waals surface area contributed by atoms with Gasteiger partial charge in [-0.1, -0.05) is 36.4 Å². The first-order valence-corrected chi connectivity index (χ1v) is 8.81. The number of hydrogen-bond acceptors (Lipinski definition) is 4. The normalized spacial score (nSPS) is 12.9. The van der Waals surface area contributed by atoms with Crippen molar-refractivity contribution in [3.63, 3.8) is 0 Å². The lowest BCUT2D eigenvalue weighted by molar-refractivity contribution is -0.142. The second-order valence-electron chi connectivity index (χ2n) is 5.07. The lowest BCUT2D eigenvalue weighted by Gasteiger charge is -2.16. The molecule has 0 aliphatic heterocycles. The van der Waals surface area contributed by atoms with Gasteiger partial charge in [-0.3, -0.25) is 9.00 Å². The SMILES string of the molecule is COC(=O)[C@@H](CC[S@](=O)c1ccccc1)NC(=O)c1ccccc1. The molecule has 0 bridgehead atoms. The maximum absolute atomic E-state index is 12.3. The van der Waals surface area contributed by atoms with Gasteiger partial charge in [0.1, 0.15) is 6.04 Å². The molecule has 2 aromatic carbocycles. The molecule has 1 amide bonds. The Morgan fingerprint density at radius 3 is 2.21 bits per heavy atom. The standard InChI is InChI=1S/C18H19NO4S/c1-23-18(21)16(19-17(20)14-8-4-2-5-9-14)12-13-24(22)15-10-6-3-7-11-15/h2-11,16H,12-13H2,1H3,(H,19,20)/t16-,24+/m1/s1. The Kier molecular flexibility index (Phi) is 6.69. The van der Waals surface area contributed by atoms with Gasteiger partial charge in [0.2, 0.25) is 0 Å². The van der Waals surface area contributed by atoms with Crippen LogP contribution >= 0.6 is 0 Å². The average molecular weight is 345 g/mol. The molecule has 2 aromatic rings. The van der Waals surface area contributed by atoms with Gasteiger partial charge in [0, 0.05) is 16.2 Å². The molecule has 0 spiro atoms. The summed E-state index contributed by atoms with van der Waals surface area (Å²) in [6, 6.07) is 16.8. The summed E-state index contributed by atoms with van der Waals surface area (Å²) in [5.74, 6) is -0.667. The second kappa shape index (κ2) is 8.98. The van der Waals surface area contributed by atoms with Crippen LogP contribution in [0.3, 0.4) is 0 Å². The molecule has 126 valence electrons. The highest BCUT2D eigenvalue weighted by Crippen LogP contribution is 2.09. The zero-order valence-corrected chi connectivity index (χ0v) is 14.1. The molecule has 0 radical (unpaired) electrons. The Morgan fingerprint density at radius 1 is 1.04 bits per heavy atom. The van der Waals surface area contributed by atoms with Crippen molar-refractivity contribution < 1.29 is 18.5 Å². The first-order chi connectivity index (χ1) is 11.6. The quantitative estimate of drug-likeness (QED) is 0.781. The molecular weight excluding hydrogens is 326 g/mol. The first kappa shape index (κ1) is 17.9. The zero-order valence-electron chi connectivity index (χ0n) is 13.3. The van der Waals surface area contributed by atoms with Crippen molar-refractivity contribution in [3.8, 4) is 0 Å². The minimum Gasteiger partial charge on any atom is -0.467 e. The van der Waals surface area contributed by atoms with Gasteiger partial charge in [-0.05, 0) is 30.7 Å². The molecule has 2 rings (SSSR count). The lowest BCUT2D eigenvalue weighted by atomic mass is 10.1. The number of hydrogen-bond donors (Lipinski definition) is 1. The average Bonchev–Trinajstić information content (AvgIpc) is 2.65. The minimum atomic E-state index is -1.24. The van der Waals surface area contributed by atoms with Gasteiger partial charge >= 0.3 is 5.97 Å². The Labute approximate surface area is 143 Å². The molecule has 0 aromatic heterocycles. The fourth-order valence-electron chi connectivity index (χ4n) is 2.14. The Hall–Kier alpha value is -2.47. The third-order valence-corrected chi connectivity index (χ3v) is 4.83. The largest absolute Gasteiger partial charge is 0.467 e. The van der Waals surface area contributed by atoms with Gasteiger partial charge in [0.25, 0.3) is 5.91 Å². The van der Waals surface area contributed by atoms with Gasteiger partial charge in [0.05, 0.1) is 17.9 Å². The lowest BCUT2D eigenvalue weighted by Crippen LogP contribution is -2.42. The molecule has 0 saturated carbocycles. The van der Waals surface area contributed by atoms with E-state index in [2.05, 4.69) is 5.32 Å². The van der Waals surface area contributed by atoms with Gasteiger partial charge in [0.15, 0.2) is 0 Å². The van der Waals surface area contributed by atoms with Crippen LogP contribution in [0, 0.1) is 0 Å². The van der Waals surface area contributed by atoms with Crippen LogP contribution in [-0.2, 0) is 20.3 Å². The van der Waals surface area contributed by atoms with Crippen molar-refractivity contribution >= 4 is 22.7 Å². The molecule has 2 atom stereocenters. The summed E-state index contributed by atoms with van der Waals surface area (Å²) in [6.45, 7) is 0. The van der Waals surface area contributed by atoms with Crippen LogP contribution in [0.5, 0.6) is 0 Å². The monoisotopic (exact) mass is 345 g/mol. The van der Waals surface area contributed by atoms with Crippen molar-refractivity contribution in [3.05, 3.63) is 66.2 Å². The van der Waals surface area contributed by atoms with Gasteiger partial charge in [-0.2, -0.15) is 0 Å². The molecule has 0 fully saturated rings. The van der Waals surface area contributed by atoms with Crippen molar-refractivity contribution in [1.29, 1.82) is 0 Å². The number of amides is 1. The van der Waals surface area contributed by atoms with Crippen LogP contribution in [-0.4, -0.2) is 35.0 Å². The van der Waals surface area contributed by atoms with E-state index < -0.39 is 22.8 Å². The van der Waals surface area contributed by atoms with E-state index >= 15 is 0 Å². The third-order valence-electron chi connectivity index (χ3n) is 3.43. The van der Waals surface area contributed by atoms with Gasteiger partial charge in [-0.25, -0.2) is 4.79 Å². The Morgan fingerprint density at radius 2 is 1.62 bits per heavy atom. The van der Waals surface area contributed by atoms with Crippen LogP contribution in [0.1, 0.15) is 16.8 Å². The number of ether oxygens (including phenoxy) is 1. The maximum Gasteiger partial charge on any atom is 0.328 e. The molecule has 0 aliphatic rings. The maximum atomic E-state index is 12.3. The topological polar surface area (TPSA) is 72.5 Å². The van der Waals surface area contributed by atoms with Crippen LogP contribution in [0.2, 0.25) is 0 Å². The summed E-state index contributed by atoms with van der Waals surface area (Å²) in [4.78, 5) is 24.8. The number of carbonyl (C=O) groups excluding carboxylic acids is 2. The van der Waals surface area contributed by atoms with Crippen molar-refractivity contribution in [2.45, 2.75) is 17.4 Å². The van der Waals surface area contributed by atoms with E-state index in [-0.39, 0.29) is 18.1 Å². The highest BCUT2D eigenvalue weighted by atomic mass is 32.2. The van der Waals surface area contributed by atoms with E-state index in [9.17, 15) is 13.8 Å². The fraction of sp³-hybridized carbons (Fsp3) is 0.222. The summed E-state index contributed by atoms with van der Waals surface area (Å²) in [5, 5.41) is 2.64. The van der Waals surface area contributed by atoms with Gasteiger partial charge in [-0.15, -0.1) is 0 Å². The summed E-state index contributed by atoms with van der Waals surface area (Å²) >= 11 is 0. The van der Waals surface area contributed by atoms with E-state index in [0.717, 1.165) is 0 Å². The fourth-order valence-corrected chi connectivity index (χ4v) is 3.28. The second-order valence-corrected chi connectivity index (χ2v) is 6.64. The molecule has 0 unspecified atom stereocenters. The highest BCUT2D eigenvalue weighted by molar-refractivity contribution is 7.85. The summed E-state index contributed by atoms with van der Waals surface area (Å²) < 4.78 is 17.0. The van der Waals surface area contributed by atoms with Crippen LogP contribution in [0.4, 0.5) is 0 Å². The molecule has 0 saturated heterocycles. The highest BCUT2D eigenvalue weighted by Gasteiger charge is 2.23. The number of esters is 1. The zero-order chi connectivity index (χ0) is 17.4. The molecular formula is C18H19NO4S. The number of carbonyl (C=O) groups is 2. The molecule has 0 aliphatic carbocycles. The number of benzene rings is 2. The molecule has 1 N–H and O–H groups in total. The minimum absolute atomic E-state index is 0.229. The molecule has 0 heterocycles. The molecule has 5 nitrogen and oxygen atoms in total. The van der Waals surface area contributed by atoms with Gasteiger partial charge < -0.3 is 10.1 Å².